The minimum absolute atomic E-state index is 0.128. The highest BCUT2D eigenvalue weighted by atomic mass is 32.2. The third kappa shape index (κ3) is 4.96. The summed E-state index contributed by atoms with van der Waals surface area (Å²) in [5, 5.41) is 4.81. The summed E-state index contributed by atoms with van der Waals surface area (Å²) in [7, 11) is 0. The number of rotatable bonds is 7. The highest BCUT2D eigenvalue weighted by molar-refractivity contribution is 8.00. The first kappa shape index (κ1) is 16.7. The van der Waals surface area contributed by atoms with E-state index in [0.29, 0.717) is 17.0 Å². The quantitative estimate of drug-likeness (QED) is 0.621. The molecule has 116 valence electrons. The number of carbonyl (C=O) groups excluding carboxylic acids is 2. The number of Topliss-reactive ketones (excluding diaryl/α,β-unsaturated/α-hetero) is 1. The summed E-state index contributed by atoms with van der Waals surface area (Å²) in [6.07, 6.45) is 0.801. The van der Waals surface area contributed by atoms with Crippen molar-refractivity contribution in [1.82, 2.24) is 5.32 Å². The molecule has 0 radical (unpaired) electrons. The number of nitrogens with one attached hydrogen (secondary N) is 1. The van der Waals surface area contributed by atoms with Crippen LogP contribution in [0.1, 0.15) is 22.2 Å². The van der Waals surface area contributed by atoms with Gasteiger partial charge in [-0.2, -0.15) is 0 Å². The van der Waals surface area contributed by atoms with E-state index >= 15 is 0 Å². The van der Waals surface area contributed by atoms with Crippen LogP contribution in [0.25, 0.3) is 0 Å². The molecule has 0 spiro atoms. The molecule has 0 bridgehead atoms. The van der Waals surface area contributed by atoms with Crippen molar-refractivity contribution in [2.75, 3.05) is 12.3 Å². The Labute approximate surface area is 136 Å². The molecule has 22 heavy (non-hydrogen) atoms. The van der Waals surface area contributed by atoms with Crippen molar-refractivity contribution >= 4 is 34.8 Å². The molecule has 2 aromatic rings. The van der Waals surface area contributed by atoms with E-state index in [-0.39, 0.29) is 17.4 Å². The molecule has 0 fully saturated rings. The molecular weight excluding hydrogens is 321 g/mol. The Balaban J connectivity index is 1.77. The van der Waals surface area contributed by atoms with Crippen LogP contribution in [0.2, 0.25) is 0 Å². The number of amides is 1. The van der Waals surface area contributed by atoms with Gasteiger partial charge in [0.1, 0.15) is 5.82 Å². The lowest BCUT2D eigenvalue weighted by molar-refractivity contribution is -0.118. The van der Waals surface area contributed by atoms with Gasteiger partial charge in [0.2, 0.25) is 5.91 Å². The molecule has 0 saturated carbocycles. The Hall–Kier alpha value is -1.66. The summed E-state index contributed by atoms with van der Waals surface area (Å²) in [6.45, 7) is 1.97. The zero-order valence-corrected chi connectivity index (χ0v) is 13.7. The van der Waals surface area contributed by atoms with Crippen molar-refractivity contribution < 1.29 is 14.0 Å². The number of halogens is 1. The molecule has 1 aromatic carbocycles. The Morgan fingerprint density at radius 1 is 1.32 bits per heavy atom. The average Bonchev–Trinajstić information content (AvgIpc) is 2.99. The standard InChI is InChI=1S/C16H16FNO2S2/c1-11(19)12-4-5-15(14(17)9-12)22-10-16(20)18-7-6-13-3-2-8-21-13/h2-5,8-9H,6-7,10H2,1H3,(H,18,20). The number of ketones is 1. The molecule has 2 rings (SSSR count). The van der Waals surface area contributed by atoms with E-state index in [9.17, 15) is 14.0 Å². The number of benzene rings is 1. The van der Waals surface area contributed by atoms with Crippen molar-refractivity contribution in [3.63, 3.8) is 0 Å². The summed E-state index contributed by atoms with van der Waals surface area (Å²) in [4.78, 5) is 24.5. The van der Waals surface area contributed by atoms with Crippen LogP contribution in [0.4, 0.5) is 4.39 Å². The van der Waals surface area contributed by atoms with E-state index < -0.39 is 5.82 Å². The Morgan fingerprint density at radius 3 is 2.77 bits per heavy atom. The molecule has 0 unspecified atom stereocenters. The summed E-state index contributed by atoms with van der Waals surface area (Å²) in [5.41, 5.74) is 0.335. The van der Waals surface area contributed by atoms with E-state index in [0.717, 1.165) is 18.2 Å². The molecule has 1 N–H and O–H groups in total. The minimum atomic E-state index is -0.468. The molecular formula is C16H16FNO2S2. The maximum atomic E-state index is 13.8. The summed E-state index contributed by atoms with van der Waals surface area (Å²) >= 11 is 2.78. The molecule has 6 heteroatoms. The van der Waals surface area contributed by atoms with E-state index in [1.165, 1.54) is 23.9 Å². The lowest BCUT2D eigenvalue weighted by atomic mass is 10.1. The molecule has 3 nitrogen and oxygen atoms in total. The highest BCUT2D eigenvalue weighted by Gasteiger charge is 2.09. The number of hydrogen-bond acceptors (Lipinski definition) is 4. The van der Waals surface area contributed by atoms with E-state index in [1.807, 2.05) is 17.5 Å². The SMILES string of the molecule is CC(=O)c1ccc(SCC(=O)NCCc2cccs2)c(F)c1. The van der Waals surface area contributed by atoms with Crippen LogP contribution in [0, 0.1) is 5.82 Å². The molecule has 1 amide bonds. The topological polar surface area (TPSA) is 46.2 Å². The third-order valence-corrected chi connectivity index (χ3v) is 4.96. The average molecular weight is 337 g/mol. The van der Waals surface area contributed by atoms with Gasteiger partial charge in [-0.1, -0.05) is 12.1 Å². The first-order valence-electron chi connectivity index (χ1n) is 6.78. The van der Waals surface area contributed by atoms with Crippen molar-refractivity contribution in [3.8, 4) is 0 Å². The van der Waals surface area contributed by atoms with Gasteiger partial charge in [0, 0.05) is 21.9 Å². The number of hydrogen-bond donors (Lipinski definition) is 1. The normalized spacial score (nSPS) is 10.5. The molecule has 1 aromatic heterocycles. The van der Waals surface area contributed by atoms with Crippen LogP contribution in [-0.4, -0.2) is 24.0 Å². The predicted octanol–water partition coefficient (Wildman–Crippen LogP) is 3.54. The Bertz CT molecular complexity index is 656. The highest BCUT2D eigenvalue weighted by Crippen LogP contribution is 2.22. The smallest absolute Gasteiger partial charge is 0.230 e. The monoisotopic (exact) mass is 337 g/mol. The maximum absolute atomic E-state index is 13.8. The summed E-state index contributed by atoms with van der Waals surface area (Å²) < 4.78 is 13.8. The van der Waals surface area contributed by atoms with Crippen LogP contribution >= 0.6 is 23.1 Å². The van der Waals surface area contributed by atoms with Gasteiger partial charge in [-0.15, -0.1) is 23.1 Å². The molecule has 0 aliphatic carbocycles. The lowest BCUT2D eigenvalue weighted by Gasteiger charge is -2.06. The number of carbonyl (C=O) groups is 2. The zero-order valence-electron chi connectivity index (χ0n) is 12.1. The van der Waals surface area contributed by atoms with Gasteiger partial charge in [0.05, 0.1) is 5.75 Å². The van der Waals surface area contributed by atoms with Crippen LogP contribution in [0.5, 0.6) is 0 Å². The molecule has 0 aliphatic heterocycles. The lowest BCUT2D eigenvalue weighted by Crippen LogP contribution is -2.27. The predicted molar refractivity (Wildman–Crippen MR) is 88.2 cm³/mol. The fourth-order valence-corrected chi connectivity index (χ4v) is 3.27. The van der Waals surface area contributed by atoms with Crippen LogP contribution < -0.4 is 5.32 Å². The number of thioether (sulfide) groups is 1. The zero-order chi connectivity index (χ0) is 15.9. The first-order valence-corrected chi connectivity index (χ1v) is 8.65. The van der Waals surface area contributed by atoms with Crippen LogP contribution in [0.15, 0.2) is 40.6 Å². The fraction of sp³-hybridized carbons (Fsp3) is 0.250. The van der Waals surface area contributed by atoms with Gasteiger partial charge in [0.15, 0.2) is 5.78 Å². The van der Waals surface area contributed by atoms with Crippen LogP contribution in [0.3, 0.4) is 0 Å². The molecule has 1 heterocycles. The Kier molecular flexibility index (Phi) is 6.15. The van der Waals surface area contributed by atoms with E-state index in [4.69, 9.17) is 0 Å². The van der Waals surface area contributed by atoms with E-state index in [2.05, 4.69) is 5.32 Å². The van der Waals surface area contributed by atoms with Gasteiger partial charge in [-0.05, 0) is 36.9 Å². The van der Waals surface area contributed by atoms with Gasteiger partial charge >= 0.3 is 0 Å². The second kappa shape index (κ2) is 8.10. The molecule has 0 atom stereocenters. The van der Waals surface area contributed by atoms with Gasteiger partial charge in [-0.3, -0.25) is 9.59 Å². The largest absolute Gasteiger partial charge is 0.355 e. The Morgan fingerprint density at radius 2 is 2.14 bits per heavy atom. The minimum Gasteiger partial charge on any atom is -0.355 e. The second-order valence-corrected chi connectivity index (χ2v) is 6.72. The van der Waals surface area contributed by atoms with Crippen molar-refractivity contribution in [2.24, 2.45) is 0 Å². The van der Waals surface area contributed by atoms with Crippen molar-refractivity contribution in [1.29, 1.82) is 0 Å². The second-order valence-electron chi connectivity index (χ2n) is 4.67. The summed E-state index contributed by atoms with van der Waals surface area (Å²) in [5.74, 6) is -0.622. The van der Waals surface area contributed by atoms with E-state index in [1.54, 1.807) is 17.4 Å². The van der Waals surface area contributed by atoms with Gasteiger partial charge in [-0.25, -0.2) is 4.39 Å². The number of thiophene rings is 1. The summed E-state index contributed by atoms with van der Waals surface area (Å²) in [6, 6.07) is 8.32. The van der Waals surface area contributed by atoms with Gasteiger partial charge < -0.3 is 5.32 Å². The molecule has 0 aliphatic rings. The molecule has 0 saturated heterocycles. The van der Waals surface area contributed by atoms with Crippen LogP contribution in [-0.2, 0) is 11.2 Å². The van der Waals surface area contributed by atoms with Gasteiger partial charge in [0.25, 0.3) is 0 Å². The van der Waals surface area contributed by atoms with Crippen molar-refractivity contribution in [3.05, 3.63) is 52.0 Å². The first-order chi connectivity index (χ1) is 10.6. The fourth-order valence-electron chi connectivity index (χ4n) is 1.81. The van der Waals surface area contributed by atoms with Crippen molar-refractivity contribution in [2.45, 2.75) is 18.2 Å². The maximum Gasteiger partial charge on any atom is 0.230 e. The third-order valence-electron chi connectivity index (χ3n) is 2.97.